The molecule has 0 saturated carbocycles. The van der Waals surface area contributed by atoms with Crippen LogP contribution in [0, 0.1) is 6.92 Å². The Labute approximate surface area is 130 Å². The Hall–Kier alpha value is -0.860. The maximum Gasteiger partial charge on any atom is 0.0550 e. The summed E-state index contributed by atoms with van der Waals surface area (Å²) in [5.74, 6) is 0. The quantitative estimate of drug-likeness (QED) is 0.595. The highest BCUT2D eigenvalue weighted by Crippen LogP contribution is 2.32. The van der Waals surface area contributed by atoms with E-state index in [0.29, 0.717) is 0 Å². The van der Waals surface area contributed by atoms with Gasteiger partial charge in [-0.1, -0.05) is 76.1 Å². The van der Waals surface area contributed by atoms with Crippen molar-refractivity contribution in [1.82, 2.24) is 0 Å². The predicted octanol–water partition coefficient (Wildman–Crippen LogP) is 4.36. The van der Waals surface area contributed by atoms with E-state index in [1.807, 2.05) is 18.2 Å². The second-order valence-electron chi connectivity index (χ2n) is 6.28. The smallest absolute Gasteiger partial charge is 0.0550 e. The van der Waals surface area contributed by atoms with Gasteiger partial charge in [-0.2, -0.15) is 0 Å². The summed E-state index contributed by atoms with van der Waals surface area (Å²) in [6, 6.07) is 8.10. The van der Waals surface area contributed by atoms with Gasteiger partial charge in [-0.3, -0.25) is 0 Å². The van der Waals surface area contributed by atoms with Crippen LogP contribution in [0.15, 0.2) is 24.3 Å². The lowest BCUT2D eigenvalue weighted by Gasteiger charge is -2.32. The number of aryl methyl sites for hydroxylation is 1. The van der Waals surface area contributed by atoms with Gasteiger partial charge < -0.3 is 10.2 Å². The molecule has 0 spiro atoms. The second kappa shape index (κ2) is 9.97. The summed E-state index contributed by atoms with van der Waals surface area (Å²) in [7, 11) is 0. The summed E-state index contributed by atoms with van der Waals surface area (Å²) >= 11 is 0. The van der Waals surface area contributed by atoms with Gasteiger partial charge in [0.05, 0.1) is 13.2 Å². The van der Waals surface area contributed by atoms with Crippen LogP contribution in [0.1, 0.15) is 69.4 Å². The molecule has 120 valence electrons. The minimum absolute atomic E-state index is 0.0180. The van der Waals surface area contributed by atoms with Crippen molar-refractivity contribution in [2.24, 2.45) is 0 Å². The Bertz CT molecular complexity index is 383. The molecule has 2 nitrogen and oxygen atoms in total. The van der Waals surface area contributed by atoms with E-state index in [1.54, 1.807) is 0 Å². The van der Waals surface area contributed by atoms with E-state index in [0.717, 1.165) is 24.0 Å². The van der Waals surface area contributed by atoms with Gasteiger partial charge in [0, 0.05) is 5.41 Å². The Morgan fingerprint density at radius 1 is 0.857 bits per heavy atom. The zero-order valence-electron chi connectivity index (χ0n) is 13.8. The molecule has 0 unspecified atom stereocenters. The van der Waals surface area contributed by atoms with Crippen molar-refractivity contribution in [2.45, 2.75) is 70.6 Å². The van der Waals surface area contributed by atoms with Gasteiger partial charge in [0.2, 0.25) is 0 Å². The van der Waals surface area contributed by atoms with Crippen LogP contribution in [-0.2, 0) is 5.41 Å². The van der Waals surface area contributed by atoms with Gasteiger partial charge in [-0.25, -0.2) is 0 Å². The Balaban J connectivity index is 2.52. The topological polar surface area (TPSA) is 40.5 Å². The monoisotopic (exact) mass is 292 g/mol. The fraction of sp³-hybridized carbons (Fsp3) is 0.684. The lowest BCUT2D eigenvalue weighted by atomic mass is 9.75. The molecule has 0 atom stereocenters. The van der Waals surface area contributed by atoms with Crippen LogP contribution < -0.4 is 0 Å². The SMILES string of the molecule is CCCCCCCCCC(CO)(CO)c1ccccc1C. The molecule has 0 heterocycles. The Kier molecular flexibility index (Phi) is 8.63. The van der Waals surface area contributed by atoms with Crippen LogP contribution in [0.4, 0.5) is 0 Å². The molecule has 0 aromatic heterocycles. The van der Waals surface area contributed by atoms with E-state index in [9.17, 15) is 10.2 Å². The summed E-state index contributed by atoms with van der Waals surface area (Å²) in [6.07, 6.45) is 9.65. The van der Waals surface area contributed by atoms with E-state index in [-0.39, 0.29) is 13.2 Å². The van der Waals surface area contributed by atoms with Crippen molar-refractivity contribution < 1.29 is 10.2 Å². The van der Waals surface area contributed by atoms with Crippen LogP contribution in [0.5, 0.6) is 0 Å². The molecule has 0 saturated heterocycles. The summed E-state index contributed by atoms with van der Waals surface area (Å²) < 4.78 is 0. The third-order valence-corrected chi connectivity index (χ3v) is 4.58. The minimum atomic E-state index is -0.477. The first kappa shape index (κ1) is 18.2. The first-order chi connectivity index (χ1) is 10.2. The molecule has 1 aromatic carbocycles. The molecule has 1 aromatic rings. The largest absolute Gasteiger partial charge is 0.395 e. The van der Waals surface area contributed by atoms with Crippen molar-refractivity contribution in [3.8, 4) is 0 Å². The molecule has 0 amide bonds. The highest BCUT2D eigenvalue weighted by Gasteiger charge is 2.31. The van der Waals surface area contributed by atoms with E-state index < -0.39 is 5.41 Å². The van der Waals surface area contributed by atoms with Gasteiger partial charge in [-0.05, 0) is 24.5 Å². The van der Waals surface area contributed by atoms with Gasteiger partial charge in [0.1, 0.15) is 0 Å². The molecule has 1 rings (SSSR count). The number of unbranched alkanes of at least 4 members (excludes halogenated alkanes) is 6. The van der Waals surface area contributed by atoms with E-state index >= 15 is 0 Å². The molecule has 2 heteroatoms. The molecular weight excluding hydrogens is 260 g/mol. The number of aliphatic hydroxyl groups excluding tert-OH is 2. The lowest BCUT2D eigenvalue weighted by molar-refractivity contribution is 0.106. The fourth-order valence-electron chi connectivity index (χ4n) is 3.10. The second-order valence-corrected chi connectivity index (χ2v) is 6.28. The van der Waals surface area contributed by atoms with Crippen molar-refractivity contribution in [3.05, 3.63) is 35.4 Å². The first-order valence-electron chi connectivity index (χ1n) is 8.48. The molecule has 0 bridgehead atoms. The highest BCUT2D eigenvalue weighted by molar-refractivity contribution is 5.33. The molecule has 21 heavy (non-hydrogen) atoms. The van der Waals surface area contributed by atoms with Crippen LogP contribution in [0.3, 0.4) is 0 Å². The average Bonchev–Trinajstić information content (AvgIpc) is 2.52. The van der Waals surface area contributed by atoms with E-state index in [2.05, 4.69) is 19.9 Å². The van der Waals surface area contributed by atoms with Crippen LogP contribution in [0.25, 0.3) is 0 Å². The first-order valence-corrected chi connectivity index (χ1v) is 8.48. The number of aliphatic hydroxyl groups is 2. The average molecular weight is 292 g/mol. The number of rotatable bonds is 11. The molecule has 0 aliphatic carbocycles. The minimum Gasteiger partial charge on any atom is -0.395 e. The molecular formula is C19H32O2. The Morgan fingerprint density at radius 3 is 2.00 bits per heavy atom. The maximum atomic E-state index is 9.87. The third-order valence-electron chi connectivity index (χ3n) is 4.58. The maximum absolute atomic E-state index is 9.87. The number of hydrogen-bond donors (Lipinski definition) is 2. The predicted molar refractivity (Wildman–Crippen MR) is 89.6 cm³/mol. The number of hydrogen-bond acceptors (Lipinski definition) is 2. The van der Waals surface area contributed by atoms with Crippen molar-refractivity contribution in [2.75, 3.05) is 13.2 Å². The van der Waals surface area contributed by atoms with Gasteiger partial charge in [-0.15, -0.1) is 0 Å². The van der Waals surface area contributed by atoms with Crippen LogP contribution in [-0.4, -0.2) is 23.4 Å². The third kappa shape index (κ3) is 5.44. The zero-order chi connectivity index (χ0) is 15.6. The lowest BCUT2D eigenvalue weighted by Crippen LogP contribution is -2.35. The van der Waals surface area contributed by atoms with Crippen molar-refractivity contribution in [3.63, 3.8) is 0 Å². The zero-order valence-corrected chi connectivity index (χ0v) is 13.8. The molecule has 0 radical (unpaired) electrons. The summed E-state index contributed by atoms with van der Waals surface area (Å²) in [5.41, 5.74) is 1.78. The molecule has 2 N–H and O–H groups in total. The normalized spacial score (nSPS) is 11.8. The molecule has 0 aliphatic heterocycles. The standard InChI is InChI=1S/C19H32O2/c1-3-4-5-6-7-8-11-14-19(15-20,16-21)18-13-10-9-12-17(18)2/h9-10,12-13,20-21H,3-8,11,14-16H2,1-2H3. The van der Waals surface area contributed by atoms with Crippen molar-refractivity contribution in [1.29, 1.82) is 0 Å². The van der Waals surface area contributed by atoms with E-state index in [4.69, 9.17) is 0 Å². The summed E-state index contributed by atoms with van der Waals surface area (Å²) in [5, 5.41) is 19.7. The summed E-state index contributed by atoms with van der Waals surface area (Å²) in [6.45, 7) is 4.33. The highest BCUT2D eigenvalue weighted by atomic mass is 16.3. The van der Waals surface area contributed by atoms with Gasteiger partial charge in [0.25, 0.3) is 0 Å². The van der Waals surface area contributed by atoms with Crippen molar-refractivity contribution >= 4 is 0 Å². The Morgan fingerprint density at radius 2 is 1.43 bits per heavy atom. The van der Waals surface area contributed by atoms with Gasteiger partial charge in [0.15, 0.2) is 0 Å². The molecule has 0 fully saturated rings. The van der Waals surface area contributed by atoms with Crippen LogP contribution in [0.2, 0.25) is 0 Å². The molecule has 0 aliphatic rings. The van der Waals surface area contributed by atoms with E-state index in [1.165, 1.54) is 38.5 Å². The van der Waals surface area contributed by atoms with Gasteiger partial charge >= 0.3 is 0 Å². The summed E-state index contributed by atoms with van der Waals surface area (Å²) in [4.78, 5) is 0. The number of benzene rings is 1. The fourth-order valence-corrected chi connectivity index (χ4v) is 3.10. The van der Waals surface area contributed by atoms with Crippen LogP contribution >= 0.6 is 0 Å².